The van der Waals surface area contributed by atoms with Crippen LogP contribution in [0.2, 0.25) is 0 Å². The molecule has 5 heteroatoms. The lowest BCUT2D eigenvalue weighted by atomic mass is 10.1. The Hall–Kier alpha value is -2.17. The van der Waals surface area contributed by atoms with E-state index in [2.05, 4.69) is 5.32 Å². The molecule has 1 atom stereocenters. The van der Waals surface area contributed by atoms with E-state index in [4.69, 9.17) is 4.74 Å². The van der Waals surface area contributed by atoms with Gasteiger partial charge in [0, 0.05) is 23.4 Å². The van der Waals surface area contributed by atoms with Crippen molar-refractivity contribution in [3.8, 4) is 5.75 Å². The summed E-state index contributed by atoms with van der Waals surface area (Å²) in [6.45, 7) is 1.82. The number of hydrogen-bond acceptors (Lipinski definition) is 2. The Bertz CT molecular complexity index is 593. The van der Waals surface area contributed by atoms with E-state index in [1.165, 1.54) is 0 Å². The van der Waals surface area contributed by atoms with Gasteiger partial charge < -0.3 is 10.1 Å². The zero-order chi connectivity index (χ0) is 14.7. The molecular weight excluding hydrogens is 267 g/mol. The minimum Gasteiger partial charge on any atom is -0.496 e. The summed E-state index contributed by atoms with van der Waals surface area (Å²) in [4.78, 5) is 0. The lowest BCUT2D eigenvalue weighted by molar-refractivity contribution is 0.408. The minimum absolute atomic E-state index is 0.166. The maximum absolute atomic E-state index is 13.2. The van der Waals surface area contributed by atoms with Crippen molar-refractivity contribution < 1.29 is 17.9 Å². The summed E-state index contributed by atoms with van der Waals surface area (Å²) in [5, 5.41) is 2.92. The largest absolute Gasteiger partial charge is 0.496 e. The molecule has 20 heavy (non-hydrogen) atoms. The summed E-state index contributed by atoms with van der Waals surface area (Å²) in [6.07, 6.45) is 0. The summed E-state index contributed by atoms with van der Waals surface area (Å²) in [5.74, 6) is -3.25. The maximum atomic E-state index is 13.2. The van der Waals surface area contributed by atoms with Crippen LogP contribution < -0.4 is 10.1 Å². The highest BCUT2D eigenvalue weighted by Gasteiger charge is 2.14. The molecule has 1 N–H and O–H groups in total. The zero-order valence-electron chi connectivity index (χ0n) is 11.1. The van der Waals surface area contributed by atoms with Crippen molar-refractivity contribution in [1.82, 2.24) is 0 Å². The molecule has 0 aliphatic rings. The molecule has 106 valence electrons. The molecule has 0 aliphatic carbocycles. The monoisotopic (exact) mass is 281 g/mol. The molecule has 0 aromatic heterocycles. The number of methoxy groups -OCH3 is 1. The van der Waals surface area contributed by atoms with E-state index in [9.17, 15) is 13.2 Å². The first-order chi connectivity index (χ1) is 9.52. The van der Waals surface area contributed by atoms with Gasteiger partial charge in [0.2, 0.25) is 0 Å². The van der Waals surface area contributed by atoms with Crippen molar-refractivity contribution in [1.29, 1.82) is 0 Å². The van der Waals surface area contributed by atoms with Crippen molar-refractivity contribution in [3.05, 3.63) is 59.4 Å². The first kappa shape index (κ1) is 14.2. The smallest absolute Gasteiger partial charge is 0.194 e. The number of benzene rings is 2. The highest BCUT2D eigenvalue weighted by atomic mass is 19.2. The van der Waals surface area contributed by atoms with Crippen LogP contribution >= 0.6 is 0 Å². The van der Waals surface area contributed by atoms with Gasteiger partial charge in [0.15, 0.2) is 17.5 Å². The van der Waals surface area contributed by atoms with Crippen LogP contribution in [0.25, 0.3) is 0 Å². The van der Waals surface area contributed by atoms with E-state index >= 15 is 0 Å². The topological polar surface area (TPSA) is 21.3 Å². The minimum atomic E-state index is -1.47. The molecule has 0 saturated heterocycles. The van der Waals surface area contributed by atoms with Gasteiger partial charge in [-0.05, 0) is 13.0 Å². The van der Waals surface area contributed by atoms with Gasteiger partial charge in [-0.2, -0.15) is 0 Å². The summed E-state index contributed by atoms with van der Waals surface area (Å²) < 4.78 is 44.4. The van der Waals surface area contributed by atoms with Crippen LogP contribution in [0.15, 0.2) is 36.4 Å². The van der Waals surface area contributed by atoms with Gasteiger partial charge in [-0.15, -0.1) is 0 Å². The van der Waals surface area contributed by atoms with Crippen LogP contribution in [0, 0.1) is 17.5 Å². The molecule has 0 spiro atoms. The van der Waals surface area contributed by atoms with E-state index in [0.717, 1.165) is 17.7 Å². The number of ether oxygens (including phenoxy) is 1. The summed E-state index contributed by atoms with van der Waals surface area (Å²) >= 11 is 0. The van der Waals surface area contributed by atoms with Gasteiger partial charge in [0.25, 0.3) is 0 Å². The highest BCUT2D eigenvalue weighted by molar-refractivity contribution is 5.48. The fraction of sp³-hybridized carbons (Fsp3) is 0.200. The summed E-state index contributed by atoms with van der Waals surface area (Å²) in [6, 6.07) is 8.88. The molecule has 2 rings (SSSR count). The second kappa shape index (κ2) is 5.86. The predicted octanol–water partition coefficient (Wildman–Crippen LogP) is 4.29. The fourth-order valence-electron chi connectivity index (χ4n) is 1.99. The Morgan fingerprint density at radius 3 is 2.25 bits per heavy atom. The van der Waals surface area contributed by atoms with Crippen LogP contribution in [0.5, 0.6) is 5.75 Å². The summed E-state index contributed by atoms with van der Waals surface area (Å²) in [5.41, 5.74) is 1.000. The molecule has 0 fully saturated rings. The predicted molar refractivity (Wildman–Crippen MR) is 71.3 cm³/mol. The fourth-order valence-corrected chi connectivity index (χ4v) is 1.99. The lowest BCUT2D eigenvalue weighted by Crippen LogP contribution is -2.09. The highest BCUT2D eigenvalue weighted by Crippen LogP contribution is 2.28. The molecule has 2 aromatic rings. The normalized spacial score (nSPS) is 12.1. The van der Waals surface area contributed by atoms with Crippen LogP contribution in [-0.4, -0.2) is 7.11 Å². The van der Waals surface area contributed by atoms with Crippen LogP contribution in [-0.2, 0) is 0 Å². The molecule has 0 amide bonds. The molecule has 0 heterocycles. The Balaban J connectivity index is 2.25. The summed E-state index contributed by atoms with van der Waals surface area (Å²) in [7, 11) is 1.54. The average molecular weight is 281 g/mol. The molecule has 0 bridgehead atoms. The molecule has 0 aliphatic heterocycles. The second-order valence-corrected chi connectivity index (χ2v) is 4.36. The van der Waals surface area contributed by atoms with E-state index in [0.29, 0.717) is 5.75 Å². The standard InChI is InChI=1S/C15H14F3NO/c1-9(11-5-3-4-6-14(11)20-2)19-10-7-12(16)15(18)13(17)8-10/h3-9,19H,1-2H3. The molecule has 0 radical (unpaired) electrons. The van der Waals surface area contributed by atoms with E-state index in [-0.39, 0.29) is 11.7 Å². The van der Waals surface area contributed by atoms with Gasteiger partial charge in [0.05, 0.1) is 13.2 Å². The Morgan fingerprint density at radius 2 is 1.65 bits per heavy atom. The zero-order valence-corrected chi connectivity index (χ0v) is 11.1. The number of para-hydroxylation sites is 1. The van der Waals surface area contributed by atoms with Crippen LogP contribution in [0.4, 0.5) is 18.9 Å². The Labute approximate surface area is 115 Å². The van der Waals surface area contributed by atoms with Gasteiger partial charge >= 0.3 is 0 Å². The van der Waals surface area contributed by atoms with Crippen LogP contribution in [0.3, 0.4) is 0 Å². The van der Waals surface area contributed by atoms with E-state index in [1.54, 1.807) is 13.2 Å². The molecule has 0 saturated carbocycles. The van der Waals surface area contributed by atoms with Crippen molar-refractivity contribution in [2.45, 2.75) is 13.0 Å². The van der Waals surface area contributed by atoms with Gasteiger partial charge in [-0.1, -0.05) is 18.2 Å². The first-order valence-electron chi connectivity index (χ1n) is 6.07. The molecule has 2 aromatic carbocycles. The third-order valence-corrected chi connectivity index (χ3v) is 2.97. The SMILES string of the molecule is COc1ccccc1C(C)Nc1cc(F)c(F)c(F)c1. The van der Waals surface area contributed by atoms with Gasteiger partial charge in [-0.25, -0.2) is 13.2 Å². The Kier molecular flexibility index (Phi) is 4.17. The number of nitrogens with one attached hydrogen (secondary N) is 1. The molecule has 2 nitrogen and oxygen atoms in total. The first-order valence-corrected chi connectivity index (χ1v) is 6.07. The van der Waals surface area contributed by atoms with Crippen molar-refractivity contribution in [2.75, 3.05) is 12.4 Å². The number of anilines is 1. The second-order valence-electron chi connectivity index (χ2n) is 4.36. The maximum Gasteiger partial charge on any atom is 0.194 e. The van der Waals surface area contributed by atoms with E-state index < -0.39 is 17.5 Å². The third-order valence-electron chi connectivity index (χ3n) is 2.97. The number of hydrogen-bond donors (Lipinski definition) is 1. The quantitative estimate of drug-likeness (QED) is 0.844. The molecule has 1 unspecified atom stereocenters. The van der Waals surface area contributed by atoms with Crippen molar-refractivity contribution in [3.63, 3.8) is 0 Å². The van der Waals surface area contributed by atoms with E-state index in [1.807, 2.05) is 25.1 Å². The number of rotatable bonds is 4. The van der Waals surface area contributed by atoms with Gasteiger partial charge in [0.1, 0.15) is 5.75 Å². The van der Waals surface area contributed by atoms with Gasteiger partial charge in [-0.3, -0.25) is 0 Å². The Morgan fingerprint density at radius 1 is 1.05 bits per heavy atom. The molecular formula is C15H14F3NO. The average Bonchev–Trinajstić information content (AvgIpc) is 2.44. The lowest BCUT2D eigenvalue weighted by Gasteiger charge is -2.18. The van der Waals surface area contributed by atoms with Crippen molar-refractivity contribution in [2.24, 2.45) is 0 Å². The third kappa shape index (κ3) is 2.87. The number of halogens is 3. The van der Waals surface area contributed by atoms with Crippen molar-refractivity contribution >= 4 is 5.69 Å². The van der Waals surface area contributed by atoms with Crippen LogP contribution in [0.1, 0.15) is 18.5 Å².